The Kier molecular flexibility index (Phi) is 5.48. The van der Waals surface area contributed by atoms with E-state index in [9.17, 15) is 13.2 Å². The van der Waals surface area contributed by atoms with Crippen molar-refractivity contribution in [3.8, 4) is 0 Å². The fourth-order valence-electron chi connectivity index (χ4n) is 1.55. The zero-order valence-electron chi connectivity index (χ0n) is 10.2. The molecule has 1 N–H and O–H groups in total. The van der Waals surface area contributed by atoms with E-state index in [1.165, 1.54) is 6.07 Å². The largest absolute Gasteiger partial charge is 0.316 e. The predicted octanol–water partition coefficient (Wildman–Crippen LogP) is 3.28. The van der Waals surface area contributed by atoms with Crippen LogP contribution in [0.3, 0.4) is 0 Å². The normalized spacial score (nSPS) is 11.2. The second-order valence-corrected chi connectivity index (χ2v) is 4.54. The van der Waals surface area contributed by atoms with E-state index in [1.807, 2.05) is 0 Å². The van der Waals surface area contributed by atoms with Gasteiger partial charge in [-0.3, -0.25) is 0 Å². The molecular weight excluding hydrogens is 227 g/mol. The van der Waals surface area contributed by atoms with Crippen molar-refractivity contribution in [3.05, 3.63) is 35.1 Å². The van der Waals surface area contributed by atoms with Crippen molar-refractivity contribution in [1.82, 2.24) is 5.32 Å². The standard InChI is InChI=1S/C13H18F3N/c1-9(2)8-17-7-3-4-10-5-6-11(14)13(16)12(10)15/h5-6,9,17H,3-4,7-8H2,1-2H3. The molecule has 17 heavy (non-hydrogen) atoms. The van der Waals surface area contributed by atoms with Gasteiger partial charge < -0.3 is 5.32 Å². The van der Waals surface area contributed by atoms with Crippen molar-refractivity contribution >= 4 is 0 Å². The van der Waals surface area contributed by atoms with E-state index in [2.05, 4.69) is 19.2 Å². The molecule has 1 rings (SSSR count). The lowest BCUT2D eigenvalue weighted by Gasteiger charge is -2.08. The lowest BCUT2D eigenvalue weighted by Crippen LogP contribution is -2.21. The Balaban J connectivity index is 2.40. The average Bonchev–Trinajstić information content (AvgIpc) is 2.28. The van der Waals surface area contributed by atoms with Crippen molar-refractivity contribution in [2.75, 3.05) is 13.1 Å². The van der Waals surface area contributed by atoms with E-state index in [-0.39, 0.29) is 5.56 Å². The fraction of sp³-hybridized carbons (Fsp3) is 0.538. The molecule has 1 aromatic carbocycles. The van der Waals surface area contributed by atoms with Gasteiger partial charge in [0.25, 0.3) is 0 Å². The highest BCUT2D eigenvalue weighted by Gasteiger charge is 2.12. The maximum Gasteiger partial charge on any atom is 0.194 e. The Morgan fingerprint density at radius 3 is 2.47 bits per heavy atom. The van der Waals surface area contributed by atoms with Crippen LogP contribution >= 0.6 is 0 Å². The first-order valence-corrected chi connectivity index (χ1v) is 5.85. The van der Waals surface area contributed by atoms with Crippen LogP contribution in [0.1, 0.15) is 25.8 Å². The van der Waals surface area contributed by atoms with Crippen LogP contribution < -0.4 is 5.32 Å². The molecule has 0 saturated carbocycles. The van der Waals surface area contributed by atoms with E-state index in [0.717, 1.165) is 19.2 Å². The van der Waals surface area contributed by atoms with Gasteiger partial charge in [0.05, 0.1) is 0 Å². The van der Waals surface area contributed by atoms with E-state index < -0.39 is 17.5 Å². The molecule has 0 aromatic heterocycles. The van der Waals surface area contributed by atoms with Gasteiger partial charge in [0.15, 0.2) is 17.5 Å². The Bertz CT molecular complexity index is 364. The van der Waals surface area contributed by atoms with Gasteiger partial charge in [0.2, 0.25) is 0 Å². The van der Waals surface area contributed by atoms with E-state index in [0.29, 0.717) is 18.8 Å². The topological polar surface area (TPSA) is 12.0 Å². The summed E-state index contributed by atoms with van der Waals surface area (Å²) in [4.78, 5) is 0. The van der Waals surface area contributed by atoms with Gasteiger partial charge in [-0.05, 0) is 43.5 Å². The summed E-state index contributed by atoms with van der Waals surface area (Å²) in [5.41, 5.74) is 0.232. The summed E-state index contributed by atoms with van der Waals surface area (Å²) in [7, 11) is 0. The van der Waals surface area contributed by atoms with Crippen molar-refractivity contribution in [3.63, 3.8) is 0 Å². The minimum Gasteiger partial charge on any atom is -0.316 e. The van der Waals surface area contributed by atoms with Crippen LogP contribution in [0.15, 0.2) is 12.1 Å². The van der Waals surface area contributed by atoms with Gasteiger partial charge in [-0.25, -0.2) is 13.2 Å². The summed E-state index contributed by atoms with van der Waals surface area (Å²) in [5, 5.41) is 3.21. The SMILES string of the molecule is CC(C)CNCCCc1ccc(F)c(F)c1F. The fourth-order valence-corrected chi connectivity index (χ4v) is 1.55. The van der Waals surface area contributed by atoms with Crippen LogP contribution in [0, 0.1) is 23.4 Å². The third kappa shape index (κ3) is 4.38. The number of nitrogens with one attached hydrogen (secondary N) is 1. The summed E-state index contributed by atoms with van der Waals surface area (Å²) in [6.07, 6.45) is 1.11. The molecule has 0 aliphatic heterocycles. The van der Waals surface area contributed by atoms with Crippen molar-refractivity contribution in [1.29, 1.82) is 0 Å². The summed E-state index contributed by atoms with van der Waals surface area (Å²) in [6.45, 7) is 5.85. The smallest absolute Gasteiger partial charge is 0.194 e. The molecule has 1 aromatic rings. The first-order valence-electron chi connectivity index (χ1n) is 5.85. The minimum absolute atomic E-state index is 0.232. The lowest BCUT2D eigenvalue weighted by molar-refractivity contribution is 0.439. The molecule has 0 aliphatic carbocycles. The summed E-state index contributed by atoms with van der Waals surface area (Å²) >= 11 is 0. The van der Waals surface area contributed by atoms with E-state index in [1.54, 1.807) is 0 Å². The summed E-state index contributed by atoms with van der Waals surface area (Å²) < 4.78 is 38.8. The van der Waals surface area contributed by atoms with Gasteiger partial charge in [0, 0.05) is 0 Å². The molecule has 96 valence electrons. The number of rotatable bonds is 6. The molecule has 4 heteroatoms. The first-order chi connectivity index (χ1) is 8.02. The van der Waals surface area contributed by atoms with E-state index in [4.69, 9.17) is 0 Å². The van der Waals surface area contributed by atoms with Crippen LogP contribution in [0.2, 0.25) is 0 Å². The highest BCUT2D eigenvalue weighted by atomic mass is 19.2. The molecule has 1 nitrogen and oxygen atoms in total. The molecule has 0 heterocycles. The second-order valence-electron chi connectivity index (χ2n) is 4.54. The quantitative estimate of drug-likeness (QED) is 0.599. The highest BCUT2D eigenvalue weighted by molar-refractivity contribution is 5.20. The van der Waals surface area contributed by atoms with Crippen LogP contribution in [-0.4, -0.2) is 13.1 Å². The minimum atomic E-state index is -1.38. The molecule has 0 saturated heterocycles. The maximum absolute atomic E-state index is 13.3. The van der Waals surface area contributed by atoms with Crippen molar-refractivity contribution in [2.45, 2.75) is 26.7 Å². The Hall–Kier alpha value is -1.03. The summed E-state index contributed by atoms with van der Waals surface area (Å²) in [6, 6.07) is 2.27. The third-order valence-electron chi connectivity index (χ3n) is 2.47. The number of hydrogen-bond donors (Lipinski definition) is 1. The van der Waals surface area contributed by atoms with Crippen LogP contribution in [0.25, 0.3) is 0 Å². The lowest BCUT2D eigenvalue weighted by atomic mass is 10.1. The van der Waals surface area contributed by atoms with Crippen LogP contribution in [-0.2, 0) is 6.42 Å². The van der Waals surface area contributed by atoms with Gasteiger partial charge in [-0.1, -0.05) is 19.9 Å². The van der Waals surface area contributed by atoms with Gasteiger partial charge in [0.1, 0.15) is 0 Å². The second kappa shape index (κ2) is 6.64. The Labute approximate surface area is 100 Å². The van der Waals surface area contributed by atoms with E-state index >= 15 is 0 Å². The number of hydrogen-bond acceptors (Lipinski definition) is 1. The molecule has 0 fully saturated rings. The van der Waals surface area contributed by atoms with Gasteiger partial charge >= 0.3 is 0 Å². The first kappa shape index (κ1) is 14.0. The zero-order valence-corrected chi connectivity index (χ0v) is 10.2. The Morgan fingerprint density at radius 1 is 1.12 bits per heavy atom. The molecule has 0 bridgehead atoms. The Morgan fingerprint density at radius 2 is 1.82 bits per heavy atom. The monoisotopic (exact) mass is 245 g/mol. The molecule has 0 amide bonds. The molecule has 0 aliphatic rings. The number of benzene rings is 1. The van der Waals surface area contributed by atoms with Gasteiger partial charge in [-0.15, -0.1) is 0 Å². The van der Waals surface area contributed by atoms with Crippen molar-refractivity contribution < 1.29 is 13.2 Å². The third-order valence-corrected chi connectivity index (χ3v) is 2.47. The molecule has 0 unspecified atom stereocenters. The predicted molar refractivity (Wildman–Crippen MR) is 62.3 cm³/mol. The number of aryl methyl sites for hydroxylation is 1. The van der Waals surface area contributed by atoms with Crippen molar-refractivity contribution in [2.24, 2.45) is 5.92 Å². The molecule has 0 atom stereocenters. The number of halogens is 3. The molecule has 0 radical (unpaired) electrons. The maximum atomic E-state index is 13.3. The highest BCUT2D eigenvalue weighted by Crippen LogP contribution is 2.16. The van der Waals surface area contributed by atoms with Crippen LogP contribution in [0.4, 0.5) is 13.2 Å². The molecule has 0 spiro atoms. The zero-order chi connectivity index (χ0) is 12.8. The van der Waals surface area contributed by atoms with Crippen LogP contribution in [0.5, 0.6) is 0 Å². The average molecular weight is 245 g/mol. The summed E-state index contributed by atoms with van der Waals surface area (Å²) in [5.74, 6) is -3.01. The molecular formula is C13H18F3N. The van der Waals surface area contributed by atoms with Gasteiger partial charge in [-0.2, -0.15) is 0 Å².